The number of benzene rings is 1. The van der Waals surface area contributed by atoms with Crippen LogP contribution in [0.3, 0.4) is 0 Å². The number of ketones is 1. The Morgan fingerprint density at radius 3 is 2.81 bits per heavy atom. The predicted molar refractivity (Wildman–Crippen MR) is 65.7 cm³/mol. The molecule has 4 heteroatoms. The molecule has 0 bridgehead atoms. The summed E-state index contributed by atoms with van der Waals surface area (Å²) in [6.07, 6.45) is 2.64. The van der Waals surface area contributed by atoms with Crippen molar-refractivity contribution in [1.29, 1.82) is 0 Å². The minimum Gasteiger partial charge on any atom is -0.298 e. The standard InChI is InChI=1S/C12H11BrClFO/c13-9-3-1-2-8(12(9)16)7-4-5-10(14)11(15)6-7/h4-6,8-9H,1-3H2. The van der Waals surface area contributed by atoms with Crippen LogP contribution >= 0.6 is 27.5 Å². The average molecular weight is 306 g/mol. The fraction of sp³-hybridized carbons (Fsp3) is 0.417. The Balaban J connectivity index is 2.29. The molecule has 2 rings (SSSR count). The zero-order valence-electron chi connectivity index (χ0n) is 8.55. The van der Waals surface area contributed by atoms with E-state index in [1.807, 2.05) is 0 Å². The number of carbonyl (C=O) groups excluding carboxylic acids is 1. The van der Waals surface area contributed by atoms with E-state index >= 15 is 0 Å². The Bertz CT molecular complexity index is 421. The molecule has 1 aliphatic carbocycles. The molecule has 0 spiro atoms. The topological polar surface area (TPSA) is 17.1 Å². The molecule has 1 aromatic carbocycles. The molecule has 0 aromatic heterocycles. The molecule has 16 heavy (non-hydrogen) atoms. The lowest BCUT2D eigenvalue weighted by Crippen LogP contribution is -2.27. The quantitative estimate of drug-likeness (QED) is 0.715. The summed E-state index contributed by atoms with van der Waals surface area (Å²) in [5.41, 5.74) is 0.732. The molecule has 0 heterocycles. The summed E-state index contributed by atoms with van der Waals surface area (Å²) in [6, 6.07) is 4.62. The molecule has 0 radical (unpaired) electrons. The number of hydrogen-bond acceptors (Lipinski definition) is 1. The molecule has 2 unspecified atom stereocenters. The Kier molecular flexibility index (Phi) is 3.65. The molecular formula is C12H11BrClFO. The third kappa shape index (κ3) is 2.30. The van der Waals surface area contributed by atoms with Crippen molar-refractivity contribution in [2.45, 2.75) is 30.0 Å². The van der Waals surface area contributed by atoms with Crippen LogP contribution in [0.25, 0.3) is 0 Å². The third-order valence-corrected chi connectivity index (χ3v) is 4.16. The molecule has 0 saturated heterocycles. The van der Waals surface area contributed by atoms with Crippen molar-refractivity contribution in [3.05, 3.63) is 34.6 Å². The van der Waals surface area contributed by atoms with Crippen molar-refractivity contribution in [2.75, 3.05) is 0 Å². The van der Waals surface area contributed by atoms with Crippen LogP contribution in [0, 0.1) is 5.82 Å². The maximum absolute atomic E-state index is 13.3. The number of Topliss-reactive ketones (excluding diaryl/α,β-unsaturated/α-hetero) is 1. The predicted octanol–water partition coefficient (Wildman–Crippen LogP) is 4.08. The van der Waals surface area contributed by atoms with Gasteiger partial charge in [-0.05, 0) is 30.5 Å². The van der Waals surface area contributed by atoms with Crippen LogP contribution in [0.5, 0.6) is 0 Å². The third-order valence-electron chi connectivity index (χ3n) is 2.95. The first-order valence-electron chi connectivity index (χ1n) is 5.22. The second kappa shape index (κ2) is 4.84. The van der Waals surface area contributed by atoms with Gasteiger partial charge in [-0.1, -0.05) is 40.0 Å². The van der Waals surface area contributed by atoms with E-state index in [0.717, 1.165) is 24.8 Å². The van der Waals surface area contributed by atoms with E-state index < -0.39 is 5.82 Å². The molecule has 1 saturated carbocycles. The lowest BCUT2D eigenvalue weighted by Gasteiger charge is -2.24. The monoisotopic (exact) mass is 304 g/mol. The van der Waals surface area contributed by atoms with Gasteiger partial charge in [0.1, 0.15) is 5.82 Å². The minimum absolute atomic E-state index is 0.0926. The van der Waals surface area contributed by atoms with Gasteiger partial charge in [-0.2, -0.15) is 0 Å². The van der Waals surface area contributed by atoms with E-state index in [9.17, 15) is 9.18 Å². The lowest BCUT2D eigenvalue weighted by molar-refractivity contribution is -0.121. The zero-order chi connectivity index (χ0) is 11.7. The van der Waals surface area contributed by atoms with Gasteiger partial charge in [0, 0.05) is 5.92 Å². The second-order valence-electron chi connectivity index (χ2n) is 4.03. The van der Waals surface area contributed by atoms with E-state index in [1.54, 1.807) is 6.07 Å². The Labute approximate surface area is 107 Å². The van der Waals surface area contributed by atoms with Crippen molar-refractivity contribution < 1.29 is 9.18 Å². The first-order chi connectivity index (χ1) is 7.59. The van der Waals surface area contributed by atoms with Gasteiger partial charge in [0.25, 0.3) is 0 Å². The van der Waals surface area contributed by atoms with E-state index in [1.165, 1.54) is 12.1 Å². The van der Waals surface area contributed by atoms with Gasteiger partial charge in [-0.25, -0.2) is 4.39 Å². The van der Waals surface area contributed by atoms with Crippen molar-refractivity contribution in [1.82, 2.24) is 0 Å². The normalized spacial score (nSPS) is 25.8. The van der Waals surface area contributed by atoms with Gasteiger partial charge in [-0.15, -0.1) is 0 Å². The molecule has 0 N–H and O–H groups in total. The number of carbonyl (C=O) groups is 1. The zero-order valence-corrected chi connectivity index (χ0v) is 10.9. The van der Waals surface area contributed by atoms with Crippen LogP contribution in [0.2, 0.25) is 5.02 Å². The summed E-state index contributed by atoms with van der Waals surface area (Å²) >= 11 is 8.97. The van der Waals surface area contributed by atoms with Gasteiger partial charge in [-0.3, -0.25) is 4.79 Å². The summed E-state index contributed by atoms with van der Waals surface area (Å²) in [7, 11) is 0. The molecule has 1 aromatic rings. The van der Waals surface area contributed by atoms with Gasteiger partial charge < -0.3 is 0 Å². The number of rotatable bonds is 1. The highest BCUT2D eigenvalue weighted by Gasteiger charge is 2.30. The molecule has 1 fully saturated rings. The molecular weight excluding hydrogens is 294 g/mol. The van der Waals surface area contributed by atoms with E-state index in [4.69, 9.17) is 11.6 Å². The summed E-state index contributed by atoms with van der Waals surface area (Å²) in [5.74, 6) is -0.499. The lowest BCUT2D eigenvalue weighted by atomic mass is 9.83. The van der Waals surface area contributed by atoms with Crippen LogP contribution in [0.4, 0.5) is 4.39 Å². The van der Waals surface area contributed by atoms with E-state index in [-0.39, 0.29) is 21.6 Å². The molecule has 2 atom stereocenters. The van der Waals surface area contributed by atoms with E-state index in [2.05, 4.69) is 15.9 Å². The van der Waals surface area contributed by atoms with Crippen molar-refractivity contribution >= 4 is 33.3 Å². The summed E-state index contributed by atoms with van der Waals surface area (Å²) in [5, 5.41) is 0.0994. The first kappa shape index (κ1) is 12.1. The molecule has 0 amide bonds. The molecule has 0 aliphatic heterocycles. The van der Waals surface area contributed by atoms with Crippen LogP contribution in [0.1, 0.15) is 30.7 Å². The Morgan fingerprint density at radius 2 is 2.12 bits per heavy atom. The SMILES string of the molecule is O=C1C(Br)CCCC1c1ccc(Cl)c(F)c1. The second-order valence-corrected chi connectivity index (χ2v) is 5.54. The fourth-order valence-electron chi connectivity index (χ4n) is 2.06. The Hall–Kier alpha value is -0.410. The maximum atomic E-state index is 13.3. The summed E-state index contributed by atoms with van der Waals surface area (Å²) < 4.78 is 13.3. The summed E-state index contributed by atoms with van der Waals surface area (Å²) in [4.78, 5) is 11.8. The summed E-state index contributed by atoms with van der Waals surface area (Å²) in [6.45, 7) is 0. The van der Waals surface area contributed by atoms with Crippen LogP contribution in [-0.4, -0.2) is 10.6 Å². The van der Waals surface area contributed by atoms with Crippen molar-refractivity contribution in [3.8, 4) is 0 Å². The van der Waals surface area contributed by atoms with Crippen molar-refractivity contribution in [2.24, 2.45) is 0 Å². The number of halogens is 3. The Morgan fingerprint density at radius 1 is 1.38 bits per heavy atom. The average Bonchev–Trinajstić information content (AvgIpc) is 2.26. The largest absolute Gasteiger partial charge is 0.298 e. The highest BCUT2D eigenvalue weighted by molar-refractivity contribution is 9.10. The first-order valence-corrected chi connectivity index (χ1v) is 6.51. The van der Waals surface area contributed by atoms with Crippen LogP contribution in [0.15, 0.2) is 18.2 Å². The maximum Gasteiger partial charge on any atom is 0.153 e. The minimum atomic E-state index is -0.455. The van der Waals surface area contributed by atoms with Gasteiger partial charge in [0.05, 0.1) is 9.85 Å². The highest BCUT2D eigenvalue weighted by Crippen LogP contribution is 2.34. The molecule has 1 nitrogen and oxygen atoms in total. The van der Waals surface area contributed by atoms with Crippen LogP contribution < -0.4 is 0 Å². The fourth-order valence-corrected chi connectivity index (χ4v) is 2.82. The van der Waals surface area contributed by atoms with Gasteiger partial charge in [0.2, 0.25) is 0 Å². The number of alkyl halides is 1. The van der Waals surface area contributed by atoms with Crippen molar-refractivity contribution in [3.63, 3.8) is 0 Å². The van der Waals surface area contributed by atoms with Crippen LogP contribution in [-0.2, 0) is 4.79 Å². The molecule has 1 aliphatic rings. The van der Waals surface area contributed by atoms with E-state index in [0.29, 0.717) is 0 Å². The highest BCUT2D eigenvalue weighted by atomic mass is 79.9. The van der Waals surface area contributed by atoms with Gasteiger partial charge >= 0.3 is 0 Å². The molecule has 86 valence electrons. The number of hydrogen-bond donors (Lipinski definition) is 0. The smallest absolute Gasteiger partial charge is 0.153 e. The van der Waals surface area contributed by atoms with Gasteiger partial charge in [0.15, 0.2) is 5.78 Å².